The molecule has 92 valence electrons. The molecule has 0 aromatic carbocycles. The molecule has 0 saturated heterocycles. The van der Waals surface area contributed by atoms with Gasteiger partial charge in [0, 0.05) is 18.1 Å². The predicted molar refractivity (Wildman–Crippen MR) is 66.4 cm³/mol. The van der Waals surface area contributed by atoms with Crippen molar-refractivity contribution in [2.24, 2.45) is 5.84 Å². The topological polar surface area (TPSA) is 56.5 Å². The molecule has 1 atom stereocenters. The average Bonchev–Trinajstić information content (AvgIpc) is 2.67. The van der Waals surface area contributed by atoms with E-state index in [2.05, 4.69) is 5.43 Å². The minimum atomic E-state index is -0.394. The van der Waals surface area contributed by atoms with Crippen molar-refractivity contribution >= 4 is 22.9 Å². The lowest BCUT2D eigenvalue weighted by Crippen LogP contribution is -2.39. The molecule has 0 fully saturated rings. The smallest absolute Gasteiger partial charge is 0.178 e. The summed E-state index contributed by atoms with van der Waals surface area (Å²) in [6, 6.07) is 3.56. The van der Waals surface area contributed by atoms with Crippen LogP contribution in [0.1, 0.15) is 24.8 Å². The first-order chi connectivity index (χ1) is 7.72. The average molecular weight is 265 g/mol. The van der Waals surface area contributed by atoms with Gasteiger partial charge in [0.05, 0.1) is 4.34 Å². The van der Waals surface area contributed by atoms with E-state index >= 15 is 0 Å². The Morgan fingerprint density at radius 2 is 2.00 bits per heavy atom. The van der Waals surface area contributed by atoms with Crippen LogP contribution in [0.15, 0.2) is 12.1 Å². The maximum absolute atomic E-state index is 5.89. The van der Waals surface area contributed by atoms with E-state index in [0.717, 1.165) is 9.21 Å². The number of hydrogen-bond donors (Lipinski definition) is 2. The Labute approximate surface area is 105 Å². The first-order valence-electron chi connectivity index (χ1n) is 5.17. The Kier molecular flexibility index (Phi) is 6.26. The molecule has 0 aliphatic heterocycles. The van der Waals surface area contributed by atoms with Crippen molar-refractivity contribution in [2.45, 2.75) is 26.2 Å². The molecular formula is C10H17ClN2O2S. The molecule has 1 heterocycles. The molecule has 0 bridgehead atoms. The van der Waals surface area contributed by atoms with E-state index in [0.29, 0.717) is 13.2 Å². The number of hydrazine groups is 1. The van der Waals surface area contributed by atoms with Crippen LogP contribution in [0.5, 0.6) is 0 Å². The highest BCUT2D eigenvalue weighted by Crippen LogP contribution is 2.29. The van der Waals surface area contributed by atoms with Gasteiger partial charge in [0.2, 0.25) is 0 Å². The Morgan fingerprint density at radius 3 is 2.38 bits per heavy atom. The highest BCUT2D eigenvalue weighted by molar-refractivity contribution is 7.16. The van der Waals surface area contributed by atoms with Crippen molar-refractivity contribution in [1.82, 2.24) is 5.43 Å². The zero-order valence-electron chi connectivity index (χ0n) is 9.40. The van der Waals surface area contributed by atoms with Crippen LogP contribution in [0.2, 0.25) is 4.34 Å². The van der Waals surface area contributed by atoms with Gasteiger partial charge in [0.15, 0.2) is 6.29 Å². The normalized spacial score (nSPS) is 13.3. The largest absolute Gasteiger partial charge is 0.351 e. The third-order valence-electron chi connectivity index (χ3n) is 2.01. The third-order valence-corrected chi connectivity index (χ3v) is 3.33. The second kappa shape index (κ2) is 7.21. The summed E-state index contributed by atoms with van der Waals surface area (Å²) in [5.74, 6) is 5.53. The van der Waals surface area contributed by atoms with Crippen LogP contribution in [-0.2, 0) is 9.47 Å². The van der Waals surface area contributed by atoms with Gasteiger partial charge in [0.25, 0.3) is 0 Å². The Hall–Kier alpha value is -0.170. The molecular weight excluding hydrogens is 248 g/mol. The number of ether oxygens (including phenoxy) is 2. The Bertz CT molecular complexity index is 303. The minimum Gasteiger partial charge on any atom is -0.351 e. The molecule has 6 heteroatoms. The second-order valence-electron chi connectivity index (χ2n) is 3.07. The first-order valence-corrected chi connectivity index (χ1v) is 6.36. The molecule has 1 aromatic rings. The molecule has 16 heavy (non-hydrogen) atoms. The molecule has 0 saturated carbocycles. The standard InChI is InChI=1S/C10H17ClN2O2S/c1-3-14-10(15-4-2)9(13-12)7-5-6-8(11)16-7/h5-6,9-10,13H,3-4,12H2,1-2H3. The van der Waals surface area contributed by atoms with E-state index in [1.54, 1.807) is 0 Å². The maximum atomic E-state index is 5.89. The van der Waals surface area contributed by atoms with Gasteiger partial charge in [0.1, 0.15) is 6.04 Å². The quantitative estimate of drug-likeness (QED) is 0.451. The second-order valence-corrected chi connectivity index (χ2v) is 4.81. The first kappa shape index (κ1) is 13.9. The van der Waals surface area contributed by atoms with Gasteiger partial charge in [-0.3, -0.25) is 5.84 Å². The lowest BCUT2D eigenvalue weighted by atomic mass is 10.2. The van der Waals surface area contributed by atoms with Crippen LogP contribution in [0.25, 0.3) is 0 Å². The summed E-state index contributed by atoms with van der Waals surface area (Å²) >= 11 is 7.35. The van der Waals surface area contributed by atoms with Crippen molar-refractivity contribution in [3.05, 3.63) is 21.3 Å². The minimum absolute atomic E-state index is 0.197. The fourth-order valence-corrected chi connectivity index (χ4v) is 2.49. The van der Waals surface area contributed by atoms with Gasteiger partial charge in [-0.1, -0.05) is 11.6 Å². The number of rotatable bonds is 7. The maximum Gasteiger partial charge on any atom is 0.178 e. The van der Waals surface area contributed by atoms with E-state index in [1.165, 1.54) is 11.3 Å². The lowest BCUT2D eigenvalue weighted by molar-refractivity contribution is -0.154. The molecule has 0 amide bonds. The summed E-state index contributed by atoms with van der Waals surface area (Å²) in [5.41, 5.74) is 2.70. The Balaban J connectivity index is 2.76. The van der Waals surface area contributed by atoms with Gasteiger partial charge in [-0.05, 0) is 26.0 Å². The van der Waals surface area contributed by atoms with Gasteiger partial charge < -0.3 is 9.47 Å². The van der Waals surface area contributed by atoms with Crippen LogP contribution in [0.3, 0.4) is 0 Å². The van der Waals surface area contributed by atoms with E-state index in [-0.39, 0.29) is 6.04 Å². The summed E-state index contributed by atoms with van der Waals surface area (Å²) < 4.78 is 11.7. The summed E-state index contributed by atoms with van der Waals surface area (Å²) in [6.07, 6.45) is -0.394. The fourth-order valence-electron chi connectivity index (χ4n) is 1.36. The van der Waals surface area contributed by atoms with Crippen molar-refractivity contribution in [3.63, 3.8) is 0 Å². The van der Waals surface area contributed by atoms with Gasteiger partial charge in [-0.2, -0.15) is 0 Å². The van der Waals surface area contributed by atoms with E-state index in [1.807, 2.05) is 26.0 Å². The van der Waals surface area contributed by atoms with Crippen LogP contribution < -0.4 is 11.3 Å². The highest BCUT2D eigenvalue weighted by Gasteiger charge is 2.24. The van der Waals surface area contributed by atoms with Gasteiger partial charge in [-0.25, -0.2) is 5.43 Å². The monoisotopic (exact) mass is 264 g/mol. The van der Waals surface area contributed by atoms with E-state index in [9.17, 15) is 0 Å². The number of halogens is 1. The van der Waals surface area contributed by atoms with Gasteiger partial charge in [-0.15, -0.1) is 11.3 Å². The van der Waals surface area contributed by atoms with E-state index in [4.69, 9.17) is 26.9 Å². The number of thiophene rings is 1. The van der Waals surface area contributed by atoms with Crippen LogP contribution in [-0.4, -0.2) is 19.5 Å². The van der Waals surface area contributed by atoms with Crippen molar-refractivity contribution < 1.29 is 9.47 Å². The number of nitrogens with two attached hydrogens (primary N) is 1. The highest BCUT2D eigenvalue weighted by atomic mass is 35.5. The SMILES string of the molecule is CCOC(OCC)C(NN)c1ccc(Cl)s1. The fraction of sp³-hybridized carbons (Fsp3) is 0.600. The van der Waals surface area contributed by atoms with Crippen LogP contribution in [0.4, 0.5) is 0 Å². The van der Waals surface area contributed by atoms with Crippen molar-refractivity contribution in [1.29, 1.82) is 0 Å². The molecule has 0 aliphatic rings. The molecule has 0 radical (unpaired) electrons. The van der Waals surface area contributed by atoms with Crippen molar-refractivity contribution in [3.8, 4) is 0 Å². The molecule has 0 spiro atoms. The van der Waals surface area contributed by atoms with Crippen LogP contribution >= 0.6 is 22.9 Å². The van der Waals surface area contributed by atoms with E-state index < -0.39 is 6.29 Å². The summed E-state index contributed by atoms with van der Waals surface area (Å²) in [4.78, 5) is 0.999. The van der Waals surface area contributed by atoms with Crippen LogP contribution in [0, 0.1) is 0 Å². The third kappa shape index (κ3) is 3.69. The molecule has 4 nitrogen and oxygen atoms in total. The molecule has 3 N–H and O–H groups in total. The predicted octanol–water partition coefficient (Wildman–Crippen LogP) is 2.31. The van der Waals surface area contributed by atoms with Crippen molar-refractivity contribution in [2.75, 3.05) is 13.2 Å². The summed E-state index contributed by atoms with van der Waals surface area (Å²) in [7, 11) is 0. The number of nitrogens with one attached hydrogen (secondary N) is 1. The Morgan fingerprint density at radius 1 is 1.38 bits per heavy atom. The zero-order chi connectivity index (χ0) is 12.0. The molecule has 1 aromatic heterocycles. The molecule has 1 rings (SSSR count). The lowest BCUT2D eigenvalue weighted by Gasteiger charge is -2.25. The number of hydrogen-bond acceptors (Lipinski definition) is 5. The molecule has 0 aliphatic carbocycles. The summed E-state index contributed by atoms with van der Waals surface area (Å²) in [6.45, 7) is 4.98. The summed E-state index contributed by atoms with van der Waals surface area (Å²) in [5, 5.41) is 0. The zero-order valence-corrected chi connectivity index (χ0v) is 11.0. The van der Waals surface area contributed by atoms with Gasteiger partial charge >= 0.3 is 0 Å². The molecule has 1 unspecified atom stereocenters.